The molecule has 2 saturated heterocycles. The lowest BCUT2D eigenvalue weighted by Crippen LogP contribution is -2.41. The van der Waals surface area contributed by atoms with Gasteiger partial charge in [-0.2, -0.15) is 0 Å². The van der Waals surface area contributed by atoms with Gasteiger partial charge in [-0.15, -0.1) is 0 Å². The van der Waals surface area contributed by atoms with Gasteiger partial charge in [0, 0.05) is 36.4 Å². The van der Waals surface area contributed by atoms with E-state index >= 15 is 0 Å². The Labute approximate surface area is 143 Å². The number of piperidine rings is 1. The summed E-state index contributed by atoms with van der Waals surface area (Å²) < 4.78 is 12.1. The van der Waals surface area contributed by atoms with Crippen molar-refractivity contribution in [1.82, 2.24) is 9.88 Å². The molecular formula is C17H25BN2O4. The average molecular weight is 332 g/mol. The first kappa shape index (κ1) is 17.2. The van der Waals surface area contributed by atoms with Crippen LogP contribution in [0.5, 0.6) is 0 Å². The van der Waals surface area contributed by atoms with Crippen molar-refractivity contribution in [2.24, 2.45) is 0 Å². The van der Waals surface area contributed by atoms with E-state index in [2.05, 4.69) is 4.98 Å². The third kappa shape index (κ3) is 3.15. The number of hydrogen-bond acceptors (Lipinski definition) is 4. The van der Waals surface area contributed by atoms with E-state index in [-0.39, 0.29) is 11.2 Å². The van der Waals surface area contributed by atoms with Crippen LogP contribution in [0.4, 0.5) is 4.79 Å². The topological polar surface area (TPSA) is 71.9 Å². The third-order valence-corrected chi connectivity index (χ3v) is 5.52. The van der Waals surface area contributed by atoms with Crippen molar-refractivity contribution >= 4 is 18.7 Å². The molecule has 2 fully saturated rings. The van der Waals surface area contributed by atoms with Gasteiger partial charge in [-0.05, 0) is 46.6 Å². The predicted molar refractivity (Wildman–Crippen MR) is 91.5 cm³/mol. The van der Waals surface area contributed by atoms with Gasteiger partial charge in [0.25, 0.3) is 0 Å². The standard InChI is InChI=1S/C17H25BN2O4/c1-16(2)17(3,4)24-18(23-16)13-5-6-14(19-11-13)12-7-9-20(10-8-12)15(21)22/h5-6,11-12H,7-10H2,1-4H3,(H,21,22). The van der Waals surface area contributed by atoms with Crippen LogP contribution in [0.1, 0.15) is 52.1 Å². The van der Waals surface area contributed by atoms with Crippen LogP contribution in [0.3, 0.4) is 0 Å². The number of pyridine rings is 1. The lowest BCUT2D eigenvalue weighted by Gasteiger charge is -2.32. The maximum absolute atomic E-state index is 11.0. The second-order valence-electron chi connectivity index (χ2n) is 7.65. The molecule has 1 aromatic rings. The van der Waals surface area contributed by atoms with Crippen LogP contribution in [0.2, 0.25) is 0 Å². The maximum Gasteiger partial charge on any atom is 0.496 e. The average Bonchev–Trinajstić information content (AvgIpc) is 2.76. The molecule has 0 aliphatic carbocycles. The summed E-state index contributed by atoms with van der Waals surface area (Å²) in [5.74, 6) is 0.313. The molecule has 3 rings (SSSR count). The predicted octanol–water partition coefficient (Wildman–Crippen LogP) is 2.24. The Morgan fingerprint density at radius 2 is 1.79 bits per heavy atom. The second-order valence-corrected chi connectivity index (χ2v) is 7.65. The minimum atomic E-state index is -0.836. The molecule has 0 bridgehead atoms. The molecule has 1 N–H and O–H groups in total. The Hall–Kier alpha value is -1.60. The quantitative estimate of drug-likeness (QED) is 0.841. The number of aromatic nitrogens is 1. The molecule has 0 radical (unpaired) electrons. The van der Waals surface area contributed by atoms with E-state index in [1.807, 2.05) is 46.0 Å². The summed E-state index contributed by atoms with van der Waals surface area (Å²) >= 11 is 0. The van der Waals surface area contributed by atoms with Crippen LogP contribution in [0.15, 0.2) is 18.3 Å². The molecule has 1 amide bonds. The lowest BCUT2D eigenvalue weighted by molar-refractivity contribution is 0.00578. The molecule has 7 heteroatoms. The van der Waals surface area contributed by atoms with E-state index in [9.17, 15) is 4.79 Å². The minimum Gasteiger partial charge on any atom is -0.465 e. The van der Waals surface area contributed by atoms with Crippen LogP contribution in [-0.2, 0) is 9.31 Å². The van der Waals surface area contributed by atoms with Crippen molar-refractivity contribution in [3.63, 3.8) is 0 Å². The summed E-state index contributed by atoms with van der Waals surface area (Å²) in [6.45, 7) is 9.27. The van der Waals surface area contributed by atoms with Crippen molar-refractivity contribution in [2.45, 2.75) is 57.7 Å². The number of hydrogen-bond donors (Lipinski definition) is 1. The monoisotopic (exact) mass is 332 g/mol. The molecular weight excluding hydrogens is 307 g/mol. The number of carbonyl (C=O) groups is 1. The Kier molecular flexibility index (Phi) is 4.34. The molecule has 6 nitrogen and oxygen atoms in total. The van der Waals surface area contributed by atoms with Crippen LogP contribution >= 0.6 is 0 Å². The van der Waals surface area contributed by atoms with E-state index < -0.39 is 13.2 Å². The van der Waals surface area contributed by atoms with E-state index in [1.165, 1.54) is 4.90 Å². The fourth-order valence-electron chi connectivity index (χ4n) is 3.14. The third-order valence-electron chi connectivity index (χ3n) is 5.52. The zero-order chi connectivity index (χ0) is 17.5. The molecule has 130 valence electrons. The Morgan fingerprint density at radius 3 is 2.25 bits per heavy atom. The summed E-state index contributed by atoms with van der Waals surface area (Å²) in [5, 5.41) is 9.02. The summed E-state index contributed by atoms with van der Waals surface area (Å²) in [4.78, 5) is 17.0. The van der Waals surface area contributed by atoms with Crippen LogP contribution in [0.25, 0.3) is 0 Å². The first-order chi connectivity index (χ1) is 11.2. The summed E-state index contributed by atoms with van der Waals surface area (Å²) in [7, 11) is -0.398. The SMILES string of the molecule is CC1(C)OB(c2ccc(C3CCN(C(=O)O)CC3)nc2)OC1(C)C. The molecule has 0 unspecified atom stereocenters. The molecule has 24 heavy (non-hydrogen) atoms. The van der Waals surface area contributed by atoms with Crippen LogP contribution in [0, 0.1) is 0 Å². The van der Waals surface area contributed by atoms with Gasteiger partial charge in [-0.3, -0.25) is 4.98 Å². The Morgan fingerprint density at radius 1 is 1.21 bits per heavy atom. The lowest BCUT2D eigenvalue weighted by atomic mass is 9.80. The molecule has 2 aliphatic heterocycles. The summed E-state index contributed by atoms with van der Waals surface area (Å²) in [6.07, 6.45) is 2.61. The molecule has 0 aromatic carbocycles. The first-order valence-electron chi connectivity index (χ1n) is 8.49. The number of carboxylic acid groups (broad SMARTS) is 1. The van der Waals surface area contributed by atoms with Crippen molar-refractivity contribution in [3.8, 4) is 0 Å². The largest absolute Gasteiger partial charge is 0.496 e. The highest BCUT2D eigenvalue weighted by Crippen LogP contribution is 2.36. The highest BCUT2D eigenvalue weighted by atomic mass is 16.7. The van der Waals surface area contributed by atoms with Crippen molar-refractivity contribution in [3.05, 3.63) is 24.0 Å². The van der Waals surface area contributed by atoms with E-state index in [1.54, 1.807) is 0 Å². The van der Waals surface area contributed by atoms with Crippen molar-refractivity contribution in [2.75, 3.05) is 13.1 Å². The minimum absolute atomic E-state index is 0.313. The van der Waals surface area contributed by atoms with Gasteiger partial charge in [-0.1, -0.05) is 6.07 Å². The summed E-state index contributed by atoms with van der Waals surface area (Å²) in [5.41, 5.74) is 1.21. The van der Waals surface area contributed by atoms with Gasteiger partial charge in [0.1, 0.15) is 0 Å². The highest BCUT2D eigenvalue weighted by Gasteiger charge is 2.51. The van der Waals surface area contributed by atoms with Gasteiger partial charge in [0.15, 0.2) is 0 Å². The zero-order valence-electron chi connectivity index (χ0n) is 14.8. The molecule has 3 heterocycles. The Bertz CT molecular complexity index is 594. The van der Waals surface area contributed by atoms with Gasteiger partial charge in [0.2, 0.25) is 0 Å². The second kappa shape index (κ2) is 6.04. The van der Waals surface area contributed by atoms with Gasteiger partial charge in [-0.25, -0.2) is 4.79 Å². The van der Waals surface area contributed by atoms with Crippen molar-refractivity contribution < 1.29 is 19.2 Å². The van der Waals surface area contributed by atoms with Gasteiger partial charge in [0.05, 0.1) is 11.2 Å². The molecule has 2 aliphatic rings. The number of nitrogens with zero attached hydrogens (tertiary/aromatic N) is 2. The molecule has 0 spiro atoms. The van der Waals surface area contributed by atoms with E-state index in [0.717, 1.165) is 24.0 Å². The van der Waals surface area contributed by atoms with Gasteiger partial charge < -0.3 is 19.3 Å². The van der Waals surface area contributed by atoms with Crippen LogP contribution < -0.4 is 5.46 Å². The molecule has 1 aromatic heterocycles. The number of likely N-dealkylation sites (tertiary alicyclic amines) is 1. The Balaban J connectivity index is 1.66. The number of rotatable bonds is 2. The highest BCUT2D eigenvalue weighted by molar-refractivity contribution is 6.62. The molecule has 0 atom stereocenters. The van der Waals surface area contributed by atoms with Gasteiger partial charge >= 0.3 is 13.2 Å². The fraction of sp³-hybridized carbons (Fsp3) is 0.647. The smallest absolute Gasteiger partial charge is 0.465 e. The van der Waals surface area contributed by atoms with Crippen molar-refractivity contribution in [1.29, 1.82) is 0 Å². The first-order valence-corrected chi connectivity index (χ1v) is 8.49. The fourth-order valence-corrected chi connectivity index (χ4v) is 3.14. The van der Waals surface area contributed by atoms with E-state index in [0.29, 0.717) is 19.0 Å². The molecule has 0 saturated carbocycles. The van der Waals surface area contributed by atoms with E-state index in [4.69, 9.17) is 14.4 Å². The zero-order valence-corrected chi connectivity index (χ0v) is 14.8. The number of amides is 1. The van der Waals surface area contributed by atoms with Crippen LogP contribution in [-0.4, -0.2) is 52.5 Å². The summed E-state index contributed by atoms with van der Waals surface area (Å²) in [6, 6.07) is 4.02. The maximum atomic E-state index is 11.0. The normalized spacial score (nSPS) is 23.5.